The molecule has 3 aromatic heterocycles. The van der Waals surface area contributed by atoms with Gasteiger partial charge in [-0.1, -0.05) is 6.07 Å². The summed E-state index contributed by atoms with van der Waals surface area (Å²) in [6.07, 6.45) is 3.37. The number of ether oxygens (including phenoxy) is 1. The first-order valence-electron chi connectivity index (χ1n) is 12.4. The lowest BCUT2D eigenvalue weighted by Gasteiger charge is -2.37. The Labute approximate surface area is 212 Å². The molecule has 0 bridgehead atoms. The maximum Gasteiger partial charge on any atom is 0.254 e. The molecule has 0 aliphatic carbocycles. The van der Waals surface area contributed by atoms with Gasteiger partial charge in [0.1, 0.15) is 17.3 Å². The van der Waals surface area contributed by atoms with E-state index in [1.165, 1.54) is 12.1 Å². The molecule has 1 aromatic carbocycles. The minimum Gasteiger partial charge on any atom is -0.377 e. The lowest BCUT2D eigenvalue weighted by atomic mass is 9.99. The molecular formula is C27H26FN7O2. The van der Waals surface area contributed by atoms with Crippen LogP contribution in [-0.2, 0) is 17.8 Å². The molecule has 4 aromatic rings. The first-order chi connectivity index (χ1) is 18.0. The highest BCUT2D eigenvalue weighted by Crippen LogP contribution is 2.36. The normalized spacial score (nSPS) is 19.2. The van der Waals surface area contributed by atoms with E-state index in [1.807, 2.05) is 22.6 Å². The van der Waals surface area contributed by atoms with E-state index in [0.29, 0.717) is 41.9 Å². The van der Waals surface area contributed by atoms with E-state index < -0.39 is 0 Å². The van der Waals surface area contributed by atoms with Crippen LogP contribution in [0.15, 0.2) is 48.8 Å². The minimum atomic E-state index is -0.338. The van der Waals surface area contributed by atoms with Gasteiger partial charge in [0.05, 0.1) is 53.8 Å². The number of amides is 1. The number of carbonyl (C=O) groups is 1. The quantitative estimate of drug-likeness (QED) is 0.448. The number of halogens is 1. The van der Waals surface area contributed by atoms with Crippen LogP contribution in [0, 0.1) is 5.82 Å². The number of rotatable bonds is 3. The number of nitrogens with one attached hydrogen (secondary N) is 2. The van der Waals surface area contributed by atoms with E-state index >= 15 is 0 Å². The Morgan fingerprint density at radius 1 is 1.22 bits per heavy atom. The van der Waals surface area contributed by atoms with E-state index in [2.05, 4.69) is 38.5 Å². The third kappa shape index (κ3) is 3.71. The van der Waals surface area contributed by atoms with Crippen LogP contribution in [-0.4, -0.2) is 64.6 Å². The second-order valence-corrected chi connectivity index (χ2v) is 9.82. The fraction of sp³-hybridized carbons (Fsp3) is 0.296. The molecule has 6 heterocycles. The van der Waals surface area contributed by atoms with Gasteiger partial charge in [0.15, 0.2) is 0 Å². The number of likely N-dealkylation sites (N-methyl/N-ethyl adjacent to an activating group) is 1. The van der Waals surface area contributed by atoms with Crippen LogP contribution in [0.5, 0.6) is 0 Å². The zero-order valence-corrected chi connectivity index (χ0v) is 20.4. The lowest BCUT2D eigenvalue weighted by Crippen LogP contribution is -2.49. The van der Waals surface area contributed by atoms with Crippen molar-refractivity contribution >= 4 is 28.7 Å². The van der Waals surface area contributed by atoms with Gasteiger partial charge in [-0.3, -0.25) is 14.1 Å². The van der Waals surface area contributed by atoms with Gasteiger partial charge in [-0.2, -0.15) is 0 Å². The van der Waals surface area contributed by atoms with Gasteiger partial charge in [-0.25, -0.2) is 14.4 Å². The van der Waals surface area contributed by atoms with Crippen LogP contribution in [0.25, 0.3) is 16.9 Å². The number of benzene rings is 1. The third-order valence-electron chi connectivity index (χ3n) is 7.41. The van der Waals surface area contributed by atoms with Crippen LogP contribution in [0.4, 0.5) is 21.6 Å². The lowest BCUT2D eigenvalue weighted by molar-refractivity contribution is 0.0844. The van der Waals surface area contributed by atoms with Crippen molar-refractivity contribution in [3.8, 4) is 11.3 Å². The van der Waals surface area contributed by atoms with Crippen molar-refractivity contribution in [3.05, 3.63) is 71.4 Å². The number of nitrogens with zero attached hydrogens (tertiary/aromatic N) is 5. The second-order valence-electron chi connectivity index (χ2n) is 9.82. The average Bonchev–Trinajstić information content (AvgIpc) is 3.45. The van der Waals surface area contributed by atoms with Crippen molar-refractivity contribution in [3.63, 3.8) is 0 Å². The van der Waals surface area contributed by atoms with E-state index in [0.717, 1.165) is 54.4 Å². The molecule has 7 rings (SSSR count). The van der Waals surface area contributed by atoms with Crippen molar-refractivity contribution < 1.29 is 13.9 Å². The maximum atomic E-state index is 13.7. The summed E-state index contributed by atoms with van der Waals surface area (Å²) in [5, 5.41) is 6.36. The zero-order chi connectivity index (χ0) is 25.1. The smallest absolute Gasteiger partial charge is 0.254 e. The van der Waals surface area contributed by atoms with Crippen molar-refractivity contribution in [2.75, 3.05) is 43.6 Å². The number of hydrogen-bond donors (Lipinski definition) is 2. The zero-order valence-electron chi connectivity index (χ0n) is 20.4. The number of fused-ring (bicyclic) bond motifs is 5. The van der Waals surface area contributed by atoms with Gasteiger partial charge in [0.25, 0.3) is 5.91 Å². The van der Waals surface area contributed by atoms with E-state index in [-0.39, 0.29) is 11.7 Å². The predicted octanol–water partition coefficient (Wildman–Crippen LogP) is 3.17. The van der Waals surface area contributed by atoms with Crippen LogP contribution in [0.1, 0.15) is 21.6 Å². The van der Waals surface area contributed by atoms with Crippen molar-refractivity contribution in [2.24, 2.45) is 0 Å². The SMILES string of the molecule is CN1Cc2nc(Nc3ccc(-c4cnc5cc(F)ccn45)c4c3C(=O)NC4)ccc2N2CCOCC2C1. The summed E-state index contributed by atoms with van der Waals surface area (Å²) in [5.74, 6) is 0.221. The van der Waals surface area contributed by atoms with Crippen LogP contribution in [0.3, 0.4) is 0 Å². The van der Waals surface area contributed by atoms with Gasteiger partial charge < -0.3 is 20.3 Å². The number of aromatic nitrogens is 3. The highest BCUT2D eigenvalue weighted by molar-refractivity contribution is 6.06. The van der Waals surface area contributed by atoms with Gasteiger partial charge in [0.2, 0.25) is 0 Å². The number of anilines is 3. The molecule has 1 saturated heterocycles. The molecule has 37 heavy (non-hydrogen) atoms. The molecular weight excluding hydrogens is 473 g/mol. The summed E-state index contributed by atoms with van der Waals surface area (Å²) in [6.45, 7) is 4.36. The Bertz CT molecular complexity index is 1550. The monoisotopic (exact) mass is 499 g/mol. The molecule has 0 saturated carbocycles. The molecule has 188 valence electrons. The number of hydrogen-bond acceptors (Lipinski definition) is 7. The van der Waals surface area contributed by atoms with E-state index in [9.17, 15) is 9.18 Å². The van der Waals surface area contributed by atoms with Crippen molar-refractivity contribution in [1.29, 1.82) is 0 Å². The Kier molecular flexibility index (Phi) is 5.12. The standard InChI is InChI=1S/C27H26FN7O2/c1-33-13-17-15-37-9-8-34(17)22-4-5-24(32-21(22)14-33)31-20-3-2-18(19-11-30-27(36)26(19)20)23-12-29-25-10-16(28)6-7-35(23)25/h2-7,10,12,17H,8-9,11,13-15H2,1H3,(H,30,36)(H,31,32). The van der Waals surface area contributed by atoms with Gasteiger partial charge in [-0.15, -0.1) is 0 Å². The van der Waals surface area contributed by atoms with Crippen molar-refractivity contribution in [2.45, 2.75) is 19.1 Å². The summed E-state index contributed by atoms with van der Waals surface area (Å²) in [4.78, 5) is 26.9. The summed E-state index contributed by atoms with van der Waals surface area (Å²) in [6, 6.07) is 11.1. The van der Waals surface area contributed by atoms with Crippen LogP contribution in [0.2, 0.25) is 0 Å². The highest BCUT2D eigenvalue weighted by Gasteiger charge is 2.31. The molecule has 1 atom stereocenters. The number of imidazole rings is 1. The molecule has 2 N–H and O–H groups in total. The summed E-state index contributed by atoms with van der Waals surface area (Å²) in [7, 11) is 2.11. The molecule has 1 amide bonds. The molecule has 9 nitrogen and oxygen atoms in total. The third-order valence-corrected chi connectivity index (χ3v) is 7.41. The maximum absolute atomic E-state index is 13.7. The molecule has 3 aliphatic rings. The van der Waals surface area contributed by atoms with Gasteiger partial charge in [0, 0.05) is 44.0 Å². The fourth-order valence-corrected chi connectivity index (χ4v) is 5.73. The van der Waals surface area contributed by atoms with Crippen molar-refractivity contribution in [1.82, 2.24) is 24.6 Å². The van der Waals surface area contributed by atoms with Gasteiger partial charge in [-0.05, 0) is 36.9 Å². The summed E-state index contributed by atoms with van der Waals surface area (Å²) < 4.78 is 21.2. The Balaban J connectivity index is 1.26. The topological polar surface area (TPSA) is 87.0 Å². The molecule has 0 radical (unpaired) electrons. The van der Waals surface area contributed by atoms with Crippen LogP contribution >= 0.6 is 0 Å². The number of pyridine rings is 2. The summed E-state index contributed by atoms with van der Waals surface area (Å²) >= 11 is 0. The number of morpholine rings is 1. The fourth-order valence-electron chi connectivity index (χ4n) is 5.73. The first-order valence-corrected chi connectivity index (χ1v) is 12.4. The molecule has 1 fully saturated rings. The largest absolute Gasteiger partial charge is 0.377 e. The highest BCUT2D eigenvalue weighted by atomic mass is 19.1. The van der Waals surface area contributed by atoms with Gasteiger partial charge >= 0.3 is 0 Å². The molecule has 10 heteroatoms. The summed E-state index contributed by atoms with van der Waals surface area (Å²) in [5.41, 5.74) is 6.53. The Morgan fingerprint density at radius 3 is 3.05 bits per heavy atom. The molecule has 0 spiro atoms. The number of carbonyl (C=O) groups excluding carboxylic acids is 1. The average molecular weight is 500 g/mol. The predicted molar refractivity (Wildman–Crippen MR) is 138 cm³/mol. The van der Waals surface area contributed by atoms with Crippen LogP contribution < -0.4 is 15.5 Å². The van der Waals surface area contributed by atoms with E-state index in [4.69, 9.17) is 9.72 Å². The van der Waals surface area contributed by atoms with E-state index in [1.54, 1.807) is 12.4 Å². The molecule has 3 aliphatic heterocycles. The second kappa shape index (κ2) is 8.53. The Morgan fingerprint density at radius 2 is 2.14 bits per heavy atom. The Hall–Kier alpha value is -4.02. The minimum absolute atomic E-state index is 0.134. The molecule has 1 unspecified atom stereocenters. The first kappa shape index (κ1) is 22.2.